The monoisotopic (exact) mass is 305 g/mol. The molecule has 1 aromatic carbocycles. The van der Waals surface area contributed by atoms with E-state index < -0.39 is 0 Å². The third kappa shape index (κ3) is 2.34. The number of nitrogens with one attached hydrogen (secondary N) is 1. The molecule has 112 valence electrons. The van der Waals surface area contributed by atoms with Crippen molar-refractivity contribution in [2.24, 2.45) is 0 Å². The van der Waals surface area contributed by atoms with Crippen LogP contribution < -0.4 is 5.32 Å². The van der Waals surface area contributed by atoms with Crippen molar-refractivity contribution in [2.75, 3.05) is 5.32 Å². The summed E-state index contributed by atoms with van der Waals surface area (Å²) < 4.78 is 7.00. The Labute approximate surface area is 130 Å². The lowest BCUT2D eigenvalue weighted by molar-refractivity contribution is -0.105. The number of carbonyl (C=O) groups excluding carboxylic acids is 1. The largest absolute Gasteiger partial charge is 0.461 e. The minimum absolute atomic E-state index is 0.536. The number of benzene rings is 1. The van der Waals surface area contributed by atoms with Crippen LogP contribution in [0.2, 0.25) is 0 Å². The van der Waals surface area contributed by atoms with Crippen LogP contribution >= 0.6 is 0 Å². The molecule has 1 N–H and O–H groups in total. The maximum atomic E-state index is 10.6. The molecule has 7 nitrogen and oxygen atoms in total. The molecule has 3 heterocycles. The molecule has 0 aliphatic carbocycles. The summed E-state index contributed by atoms with van der Waals surface area (Å²) in [5.74, 6) is 1.13. The van der Waals surface area contributed by atoms with Crippen molar-refractivity contribution in [1.29, 1.82) is 0 Å². The van der Waals surface area contributed by atoms with Crippen LogP contribution in [0, 0.1) is 0 Å². The normalized spacial score (nSPS) is 10.8. The highest BCUT2D eigenvalue weighted by molar-refractivity contribution is 5.75. The number of hydrogen-bond donors (Lipinski definition) is 1. The summed E-state index contributed by atoms with van der Waals surface area (Å²) in [6, 6.07) is 14.7. The molecule has 0 saturated heterocycles. The highest BCUT2D eigenvalue weighted by Gasteiger charge is 2.12. The van der Waals surface area contributed by atoms with E-state index in [0.29, 0.717) is 29.3 Å². The minimum atomic E-state index is 0.536. The van der Waals surface area contributed by atoms with Crippen LogP contribution in [0.25, 0.3) is 28.5 Å². The number of rotatable bonds is 4. The number of furan rings is 1. The predicted octanol–water partition coefficient (Wildman–Crippen LogP) is 2.62. The number of hydrogen-bond acceptors (Lipinski definition) is 5. The molecule has 0 unspecified atom stereocenters. The zero-order valence-corrected chi connectivity index (χ0v) is 11.9. The van der Waals surface area contributed by atoms with Crippen LogP contribution in [0.1, 0.15) is 0 Å². The van der Waals surface area contributed by atoms with Crippen molar-refractivity contribution < 1.29 is 9.21 Å². The lowest BCUT2D eigenvalue weighted by atomic mass is 10.1. The van der Waals surface area contributed by atoms with Crippen LogP contribution in [-0.2, 0) is 4.79 Å². The van der Waals surface area contributed by atoms with Gasteiger partial charge in [0.1, 0.15) is 0 Å². The van der Waals surface area contributed by atoms with E-state index in [1.807, 2.05) is 36.4 Å². The fraction of sp³-hybridized carbons (Fsp3) is 0. The van der Waals surface area contributed by atoms with Gasteiger partial charge in [-0.2, -0.15) is 9.61 Å². The first-order valence-electron chi connectivity index (χ1n) is 6.92. The first kappa shape index (κ1) is 13.2. The first-order valence-corrected chi connectivity index (χ1v) is 6.92. The number of fused-ring (bicyclic) bond motifs is 1. The highest BCUT2D eigenvalue weighted by Crippen LogP contribution is 2.23. The van der Waals surface area contributed by atoms with Crippen molar-refractivity contribution in [3.63, 3.8) is 0 Å². The second-order valence-electron chi connectivity index (χ2n) is 4.83. The smallest absolute Gasteiger partial charge is 0.220 e. The van der Waals surface area contributed by atoms with Gasteiger partial charge >= 0.3 is 0 Å². The Bertz CT molecular complexity index is 975. The molecule has 0 aliphatic rings. The van der Waals surface area contributed by atoms with Gasteiger partial charge in [0.25, 0.3) is 0 Å². The van der Waals surface area contributed by atoms with Gasteiger partial charge in [-0.05, 0) is 36.4 Å². The SMILES string of the molecule is O=CNc1cccc(-c2ccc3nnc(-c4ccco4)n3n2)c1. The van der Waals surface area contributed by atoms with Crippen LogP contribution in [0.5, 0.6) is 0 Å². The third-order valence-corrected chi connectivity index (χ3v) is 3.39. The van der Waals surface area contributed by atoms with Crippen molar-refractivity contribution in [1.82, 2.24) is 19.8 Å². The van der Waals surface area contributed by atoms with Gasteiger partial charge in [0.05, 0.1) is 12.0 Å². The van der Waals surface area contributed by atoms with Gasteiger partial charge in [-0.15, -0.1) is 10.2 Å². The molecule has 1 amide bonds. The summed E-state index contributed by atoms with van der Waals surface area (Å²) in [4.78, 5) is 10.6. The third-order valence-electron chi connectivity index (χ3n) is 3.39. The van der Waals surface area contributed by atoms with Crippen LogP contribution in [0.3, 0.4) is 0 Å². The van der Waals surface area contributed by atoms with E-state index in [4.69, 9.17) is 4.42 Å². The van der Waals surface area contributed by atoms with Gasteiger partial charge in [-0.1, -0.05) is 12.1 Å². The Hall–Kier alpha value is -3.48. The standard InChI is InChI=1S/C16H11N5O2/c22-10-17-12-4-1-3-11(9-12)13-6-7-15-18-19-16(21(15)20-13)14-5-2-8-23-14/h1-10H,(H,17,22). The van der Waals surface area contributed by atoms with E-state index in [9.17, 15) is 4.79 Å². The average molecular weight is 305 g/mol. The zero-order valence-electron chi connectivity index (χ0n) is 11.9. The first-order chi connectivity index (χ1) is 11.3. The molecular formula is C16H11N5O2. The summed E-state index contributed by atoms with van der Waals surface area (Å²) in [7, 11) is 0. The zero-order chi connectivity index (χ0) is 15.6. The Kier molecular flexibility index (Phi) is 3.09. The average Bonchev–Trinajstić information content (AvgIpc) is 3.24. The summed E-state index contributed by atoms with van der Waals surface area (Å²) in [6.45, 7) is 0. The molecule has 0 fully saturated rings. The number of nitrogens with zero attached hydrogens (tertiary/aromatic N) is 4. The molecule has 0 aliphatic heterocycles. The van der Waals surface area contributed by atoms with Crippen molar-refractivity contribution in [3.8, 4) is 22.8 Å². The Balaban J connectivity index is 1.84. The maximum absolute atomic E-state index is 10.6. The lowest BCUT2D eigenvalue weighted by Crippen LogP contribution is -1.98. The molecule has 0 spiro atoms. The predicted molar refractivity (Wildman–Crippen MR) is 83.6 cm³/mol. The van der Waals surface area contributed by atoms with Crippen molar-refractivity contribution in [2.45, 2.75) is 0 Å². The molecule has 3 aromatic heterocycles. The van der Waals surface area contributed by atoms with Crippen LogP contribution in [0.4, 0.5) is 5.69 Å². The number of anilines is 1. The van der Waals surface area contributed by atoms with Gasteiger partial charge in [-0.25, -0.2) is 0 Å². The van der Waals surface area contributed by atoms with E-state index in [1.165, 1.54) is 0 Å². The number of carbonyl (C=O) groups is 1. The van der Waals surface area contributed by atoms with E-state index in [1.54, 1.807) is 22.9 Å². The molecule has 23 heavy (non-hydrogen) atoms. The topological polar surface area (TPSA) is 85.3 Å². The van der Waals surface area contributed by atoms with Crippen LogP contribution in [0.15, 0.2) is 59.2 Å². The number of aromatic nitrogens is 4. The molecule has 7 heteroatoms. The van der Waals surface area contributed by atoms with Crippen molar-refractivity contribution >= 4 is 17.7 Å². The molecule has 0 atom stereocenters. The van der Waals surface area contributed by atoms with Gasteiger partial charge in [0, 0.05) is 11.3 Å². The summed E-state index contributed by atoms with van der Waals surface area (Å²) in [5, 5.41) is 15.4. The van der Waals surface area contributed by atoms with Gasteiger partial charge in [0.15, 0.2) is 11.4 Å². The maximum Gasteiger partial charge on any atom is 0.220 e. The Morgan fingerprint density at radius 3 is 2.87 bits per heavy atom. The second kappa shape index (κ2) is 5.38. The molecule has 0 saturated carbocycles. The van der Waals surface area contributed by atoms with Crippen molar-refractivity contribution in [3.05, 3.63) is 54.8 Å². The van der Waals surface area contributed by atoms with E-state index in [-0.39, 0.29) is 0 Å². The van der Waals surface area contributed by atoms with Gasteiger partial charge < -0.3 is 9.73 Å². The highest BCUT2D eigenvalue weighted by atomic mass is 16.3. The van der Waals surface area contributed by atoms with E-state index in [0.717, 1.165) is 11.3 Å². The fourth-order valence-corrected chi connectivity index (χ4v) is 2.34. The molecular weight excluding hydrogens is 294 g/mol. The second-order valence-corrected chi connectivity index (χ2v) is 4.83. The Morgan fingerprint density at radius 2 is 2.04 bits per heavy atom. The molecule has 0 radical (unpaired) electrons. The minimum Gasteiger partial charge on any atom is -0.461 e. The van der Waals surface area contributed by atoms with Crippen LogP contribution in [-0.4, -0.2) is 26.2 Å². The molecule has 4 rings (SSSR count). The molecule has 4 aromatic rings. The number of amides is 1. The Morgan fingerprint density at radius 1 is 1.09 bits per heavy atom. The van der Waals surface area contributed by atoms with E-state index >= 15 is 0 Å². The van der Waals surface area contributed by atoms with E-state index in [2.05, 4.69) is 20.6 Å². The van der Waals surface area contributed by atoms with Gasteiger partial charge in [-0.3, -0.25) is 4.79 Å². The summed E-state index contributed by atoms with van der Waals surface area (Å²) in [5.41, 5.74) is 2.94. The summed E-state index contributed by atoms with van der Waals surface area (Å²) >= 11 is 0. The lowest BCUT2D eigenvalue weighted by Gasteiger charge is -2.04. The fourth-order valence-electron chi connectivity index (χ4n) is 2.34. The van der Waals surface area contributed by atoms with Gasteiger partial charge in [0.2, 0.25) is 12.2 Å². The molecule has 0 bridgehead atoms. The summed E-state index contributed by atoms with van der Waals surface area (Å²) in [6.07, 6.45) is 2.22. The quantitative estimate of drug-likeness (QED) is 0.586.